The van der Waals surface area contributed by atoms with Gasteiger partial charge in [-0.15, -0.1) is 0 Å². The maximum atomic E-state index is 13.3. The molecule has 2 amide bonds. The first-order chi connectivity index (χ1) is 18.8. The van der Waals surface area contributed by atoms with E-state index in [0.717, 1.165) is 46.4 Å². The van der Waals surface area contributed by atoms with Crippen molar-refractivity contribution in [2.24, 2.45) is 0 Å². The van der Waals surface area contributed by atoms with Crippen molar-refractivity contribution in [3.8, 4) is 0 Å². The molecule has 39 heavy (non-hydrogen) atoms. The highest BCUT2D eigenvalue weighted by atomic mass is 35.5. The fourth-order valence-electron chi connectivity index (χ4n) is 4.78. The summed E-state index contributed by atoms with van der Waals surface area (Å²) in [7, 11) is 4.04. The number of pyridine rings is 1. The number of fused-ring (bicyclic) bond motifs is 2. The average Bonchev–Trinajstić information content (AvgIpc) is 3.24. The number of halogens is 1. The lowest BCUT2D eigenvalue weighted by Gasteiger charge is -2.23. The Morgan fingerprint density at radius 3 is 2.54 bits per heavy atom. The van der Waals surface area contributed by atoms with Crippen molar-refractivity contribution < 1.29 is 9.59 Å². The maximum Gasteiger partial charge on any atom is 0.258 e. The molecule has 0 saturated heterocycles. The van der Waals surface area contributed by atoms with Gasteiger partial charge in [0.25, 0.3) is 5.91 Å². The molecule has 1 aliphatic heterocycles. The number of nitrogens with zero attached hydrogens (tertiary/aromatic N) is 3. The molecule has 4 aromatic rings. The fourth-order valence-corrected chi connectivity index (χ4v) is 4.95. The van der Waals surface area contributed by atoms with Crippen LogP contribution in [0.15, 0.2) is 79.0 Å². The summed E-state index contributed by atoms with van der Waals surface area (Å²) in [5.74, 6) is -0.213. The Labute approximate surface area is 233 Å². The van der Waals surface area contributed by atoms with E-state index >= 15 is 0 Å². The van der Waals surface area contributed by atoms with Crippen LogP contribution in [-0.2, 0) is 9.59 Å². The van der Waals surface area contributed by atoms with Crippen molar-refractivity contribution in [1.29, 1.82) is 0 Å². The molecule has 5 rings (SSSR count). The Morgan fingerprint density at radius 2 is 1.79 bits per heavy atom. The zero-order valence-electron chi connectivity index (χ0n) is 22.2. The summed E-state index contributed by atoms with van der Waals surface area (Å²) in [4.78, 5) is 34.0. The van der Waals surface area contributed by atoms with E-state index in [1.807, 2.05) is 74.8 Å². The Hall–Kier alpha value is -4.20. The van der Waals surface area contributed by atoms with E-state index in [-0.39, 0.29) is 11.8 Å². The van der Waals surface area contributed by atoms with Crippen LogP contribution in [0.25, 0.3) is 22.2 Å². The van der Waals surface area contributed by atoms with Crippen LogP contribution in [0.4, 0.5) is 17.1 Å². The number of rotatable bonds is 8. The molecule has 2 heterocycles. The number of hydrogen-bond acceptors (Lipinski definition) is 5. The van der Waals surface area contributed by atoms with Crippen molar-refractivity contribution in [3.05, 3.63) is 95.1 Å². The summed E-state index contributed by atoms with van der Waals surface area (Å²) < 4.78 is 0. The first-order valence-corrected chi connectivity index (χ1v) is 13.2. The number of anilines is 3. The highest BCUT2D eigenvalue weighted by Gasteiger charge is 2.29. The van der Waals surface area contributed by atoms with Gasteiger partial charge in [0.05, 0.1) is 22.5 Å². The van der Waals surface area contributed by atoms with Gasteiger partial charge >= 0.3 is 0 Å². The number of nitrogens with one attached hydrogen (secondary N) is 2. The molecule has 2 N–H and O–H groups in total. The molecule has 8 heteroatoms. The lowest BCUT2D eigenvalue weighted by atomic mass is 9.99. The maximum absolute atomic E-state index is 13.3. The van der Waals surface area contributed by atoms with Gasteiger partial charge in [-0.05, 0) is 75.6 Å². The summed E-state index contributed by atoms with van der Waals surface area (Å²) in [5, 5.41) is 7.99. The van der Waals surface area contributed by atoms with Gasteiger partial charge in [0, 0.05) is 52.6 Å². The van der Waals surface area contributed by atoms with Crippen molar-refractivity contribution in [2.75, 3.05) is 42.7 Å². The Balaban J connectivity index is 1.53. The lowest BCUT2D eigenvalue weighted by Crippen LogP contribution is -2.31. The van der Waals surface area contributed by atoms with Crippen LogP contribution in [0.2, 0.25) is 5.02 Å². The smallest absolute Gasteiger partial charge is 0.258 e. The third-order valence-electron chi connectivity index (χ3n) is 6.69. The molecule has 0 spiro atoms. The van der Waals surface area contributed by atoms with Gasteiger partial charge < -0.3 is 20.4 Å². The highest BCUT2D eigenvalue weighted by Crippen LogP contribution is 2.39. The highest BCUT2D eigenvalue weighted by molar-refractivity contribution is 6.38. The molecule has 0 aliphatic carbocycles. The number of aromatic nitrogens is 1. The minimum atomic E-state index is -0.212. The first kappa shape index (κ1) is 26.4. The quantitative estimate of drug-likeness (QED) is 0.264. The fraction of sp³-hybridized carbons (Fsp3) is 0.194. The number of carbonyl (C=O) groups is 2. The SMILES string of the molecule is CC(=O)N(CCCN(C)C)c1ccc(NC(=C2C(=O)Nc3cc(Cl)ccc32)c2ccc3cccnc3c2)cc1. The molecule has 0 saturated carbocycles. The summed E-state index contributed by atoms with van der Waals surface area (Å²) in [5.41, 5.74) is 5.89. The molecule has 3 aromatic carbocycles. The normalized spacial score (nSPS) is 13.8. The summed E-state index contributed by atoms with van der Waals surface area (Å²) >= 11 is 6.20. The van der Waals surface area contributed by atoms with Crippen LogP contribution in [0, 0.1) is 0 Å². The zero-order chi connectivity index (χ0) is 27.5. The third-order valence-corrected chi connectivity index (χ3v) is 6.92. The molecular weight excluding hydrogens is 510 g/mol. The van der Waals surface area contributed by atoms with Crippen LogP contribution in [-0.4, -0.2) is 48.9 Å². The molecule has 7 nitrogen and oxygen atoms in total. The van der Waals surface area contributed by atoms with Crippen molar-refractivity contribution in [3.63, 3.8) is 0 Å². The summed E-state index contributed by atoms with van der Waals surface area (Å²) in [6.07, 6.45) is 2.63. The van der Waals surface area contributed by atoms with Gasteiger partial charge in [-0.1, -0.05) is 35.9 Å². The van der Waals surface area contributed by atoms with Gasteiger partial charge in [0.2, 0.25) is 5.91 Å². The van der Waals surface area contributed by atoms with Gasteiger partial charge in [0.1, 0.15) is 0 Å². The van der Waals surface area contributed by atoms with Crippen LogP contribution in [0.1, 0.15) is 24.5 Å². The second-order valence-corrected chi connectivity index (χ2v) is 10.2. The number of amides is 2. The van der Waals surface area contributed by atoms with E-state index in [1.54, 1.807) is 30.2 Å². The van der Waals surface area contributed by atoms with Crippen LogP contribution in [0.3, 0.4) is 0 Å². The monoisotopic (exact) mass is 539 g/mol. The number of carbonyl (C=O) groups excluding carboxylic acids is 2. The van der Waals surface area contributed by atoms with Crippen LogP contribution in [0.5, 0.6) is 0 Å². The van der Waals surface area contributed by atoms with Crippen molar-refractivity contribution in [1.82, 2.24) is 9.88 Å². The third kappa shape index (κ3) is 5.79. The van der Waals surface area contributed by atoms with E-state index in [0.29, 0.717) is 28.5 Å². The zero-order valence-corrected chi connectivity index (χ0v) is 22.9. The molecule has 0 atom stereocenters. The molecule has 1 aliphatic rings. The van der Waals surface area contributed by atoms with E-state index in [4.69, 9.17) is 11.6 Å². The van der Waals surface area contributed by atoms with Gasteiger partial charge in [0.15, 0.2) is 0 Å². The molecule has 0 unspecified atom stereocenters. The Morgan fingerprint density at radius 1 is 1.00 bits per heavy atom. The summed E-state index contributed by atoms with van der Waals surface area (Å²) in [6.45, 7) is 3.12. The van der Waals surface area contributed by atoms with Crippen LogP contribution >= 0.6 is 11.6 Å². The second-order valence-electron chi connectivity index (χ2n) is 9.80. The van der Waals surface area contributed by atoms with Gasteiger partial charge in [-0.2, -0.15) is 0 Å². The van der Waals surface area contributed by atoms with E-state index in [1.165, 1.54) is 0 Å². The van der Waals surface area contributed by atoms with Crippen molar-refractivity contribution >= 4 is 62.7 Å². The predicted octanol–water partition coefficient (Wildman–Crippen LogP) is 6.13. The minimum Gasteiger partial charge on any atom is -0.354 e. The predicted molar refractivity (Wildman–Crippen MR) is 160 cm³/mol. The van der Waals surface area contributed by atoms with Crippen molar-refractivity contribution in [2.45, 2.75) is 13.3 Å². The van der Waals surface area contributed by atoms with Crippen LogP contribution < -0.4 is 15.5 Å². The number of hydrogen-bond donors (Lipinski definition) is 2. The van der Waals surface area contributed by atoms with Gasteiger partial charge in [-0.3, -0.25) is 14.6 Å². The summed E-state index contributed by atoms with van der Waals surface area (Å²) in [6, 6.07) is 22.9. The van der Waals surface area contributed by atoms with E-state index < -0.39 is 0 Å². The topological polar surface area (TPSA) is 77.6 Å². The van der Waals surface area contributed by atoms with E-state index in [9.17, 15) is 9.59 Å². The van der Waals surface area contributed by atoms with Gasteiger partial charge in [-0.25, -0.2) is 0 Å². The standard InChI is InChI=1S/C31H30ClN5O2/c1-20(38)37(17-5-16-36(2)3)25-12-10-24(11-13-25)34-30(22-8-7-21-6-4-15-33-27(21)18-22)29-26-14-9-23(32)19-28(26)35-31(29)39/h4,6-15,18-19,34H,5,16-17H2,1-3H3,(H,35,39). The lowest BCUT2D eigenvalue weighted by molar-refractivity contribution is -0.116. The molecule has 1 aromatic heterocycles. The second kappa shape index (κ2) is 11.3. The molecular formula is C31H30ClN5O2. The molecule has 0 bridgehead atoms. The number of benzene rings is 3. The Kier molecular flexibility index (Phi) is 7.63. The minimum absolute atomic E-state index is 0.00108. The van der Waals surface area contributed by atoms with E-state index in [2.05, 4.69) is 20.5 Å². The molecule has 198 valence electrons. The largest absolute Gasteiger partial charge is 0.354 e. The first-order valence-electron chi connectivity index (χ1n) is 12.8. The Bertz CT molecular complexity index is 1580. The molecule has 0 fully saturated rings. The molecule has 0 radical (unpaired) electrons. The average molecular weight is 540 g/mol.